The standard InChI is InChI=1S/C18H13ClN4O/c1-11-15-7-6-14(19)8-16(15)22-17(11)18(24)23-21-10-13-4-2-12(9-20)3-5-13/h2-8,10,22H,1H3,(H,23,24). The van der Waals surface area contributed by atoms with Crippen LogP contribution in [0.1, 0.15) is 27.2 Å². The third-order valence-electron chi connectivity index (χ3n) is 3.67. The molecule has 0 spiro atoms. The Hall–Kier alpha value is -3.10. The van der Waals surface area contributed by atoms with Crippen LogP contribution >= 0.6 is 11.6 Å². The second-order valence-corrected chi connectivity index (χ2v) is 5.68. The highest BCUT2D eigenvalue weighted by molar-refractivity contribution is 6.31. The molecule has 3 aromatic rings. The molecule has 5 nitrogen and oxygen atoms in total. The van der Waals surface area contributed by atoms with Crippen molar-refractivity contribution in [3.8, 4) is 6.07 Å². The van der Waals surface area contributed by atoms with Gasteiger partial charge < -0.3 is 4.98 Å². The number of rotatable bonds is 3. The van der Waals surface area contributed by atoms with Gasteiger partial charge in [0.15, 0.2) is 0 Å². The molecule has 0 aliphatic carbocycles. The van der Waals surface area contributed by atoms with Gasteiger partial charge in [0.1, 0.15) is 5.69 Å². The van der Waals surface area contributed by atoms with Crippen LogP contribution in [0.2, 0.25) is 5.02 Å². The monoisotopic (exact) mass is 336 g/mol. The lowest BCUT2D eigenvalue weighted by Crippen LogP contribution is -2.18. The molecule has 1 aromatic heterocycles. The van der Waals surface area contributed by atoms with E-state index < -0.39 is 0 Å². The van der Waals surface area contributed by atoms with E-state index in [9.17, 15) is 4.79 Å². The number of aromatic nitrogens is 1. The summed E-state index contributed by atoms with van der Waals surface area (Å²) in [7, 11) is 0. The maximum absolute atomic E-state index is 12.3. The quantitative estimate of drug-likeness (QED) is 0.564. The number of fused-ring (bicyclic) bond motifs is 1. The van der Waals surface area contributed by atoms with Gasteiger partial charge in [-0.15, -0.1) is 0 Å². The molecule has 6 heteroatoms. The van der Waals surface area contributed by atoms with E-state index in [-0.39, 0.29) is 5.91 Å². The van der Waals surface area contributed by atoms with E-state index in [1.54, 1.807) is 36.4 Å². The first kappa shape index (κ1) is 15.8. The molecule has 2 N–H and O–H groups in total. The average molecular weight is 337 g/mol. The summed E-state index contributed by atoms with van der Waals surface area (Å²) in [6, 6.07) is 14.4. The lowest BCUT2D eigenvalue weighted by Gasteiger charge is -1.99. The number of nitriles is 1. The Bertz CT molecular complexity index is 981. The first-order valence-electron chi connectivity index (χ1n) is 7.20. The normalized spacial score (nSPS) is 10.9. The summed E-state index contributed by atoms with van der Waals surface area (Å²) in [5.74, 6) is -0.329. The lowest BCUT2D eigenvalue weighted by atomic mass is 10.1. The van der Waals surface area contributed by atoms with Gasteiger partial charge in [0.2, 0.25) is 0 Å². The van der Waals surface area contributed by atoms with E-state index in [0.29, 0.717) is 16.3 Å². The van der Waals surface area contributed by atoms with E-state index in [2.05, 4.69) is 15.5 Å². The number of carbonyl (C=O) groups excluding carboxylic acids is 1. The largest absolute Gasteiger partial charge is 0.350 e. The molecule has 1 heterocycles. The fraction of sp³-hybridized carbons (Fsp3) is 0.0556. The minimum absolute atomic E-state index is 0.329. The number of benzene rings is 2. The number of hydrogen-bond acceptors (Lipinski definition) is 3. The fourth-order valence-corrected chi connectivity index (χ4v) is 2.57. The van der Waals surface area contributed by atoms with Crippen LogP contribution in [0.3, 0.4) is 0 Å². The van der Waals surface area contributed by atoms with Crippen LogP contribution < -0.4 is 5.43 Å². The average Bonchev–Trinajstić information content (AvgIpc) is 2.91. The minimum atomic E-state index is -0.329. The Kier molecular flexibility index (Phi) is 4.32. The third-order valence-corrected chi connectivity index (χ3v) is 3.90. The summed E-state index contributed by atoms with van der Waals surface area (Å²) in [6.07, 6.45) is 1.52. The van der Waals surface area contributed by atoms with Gasteiger partial charge in [0.25, 0.3) is 5.91 Å². The molecule has 0 aliphatic heterocycles. The summed E-state index contributed by atoms with van der Waals surface area (Å²) in [5, 5.41) is 14.3. The van der Waals surface area contributed by atoms with Crippen LogP contribution in [0.4, 0.5) is 0 Å². The number of aryl methyl sites for hydroxylation is 1. The van der Waals surface area contributed by atoms with Crippen LogP contribution in [0.15, 0.2) is 47.6 Å². The third kappa shape index (κ3) is 3.14. The molecule has 0 saturated heterocycles. The number of H-pyrrole nitrogens is 1. The molecule has 0 unspecified atom stereocenters. The summed E-state index contributed by atoms with van der Waals surface area (Å²) >= 11 is 5.97. The number of amides is 1. The zero-order valence-electron chi connectivity index (χ0n) is 12.8. The van der Waals surface area contributed by atoms with Crippen LogP contribution in [-0.2, 0) is 0 Å². The Morgan fingerprint density at radius 3 is 2.75 bits per heavy atom. The van der Waals surface area contributed by atoms with E-state index in [4.69, 9.17) is 16.9 Å². The maximum atomic E-state index is 12.3. The second-order valence-electron chi connectivity index (χ2n) is 5.25. The molecule has 0 fully saturated rings. The van der Waals surface area contributed by atoms with Crippen LogP contribution in [0.5, 0.6) is 0 Å². The first-order chi connectivity index (χ1) is 11.6. The Morgan fingerprint density at radius 1 is 1.29 bits per heavy atom. The molecule has 1 amide bonds. The van der Waals surface area contributed by atoms with E-state index in [0.717, 1.165) is 22.0 Å². The Balaban J connectivity index is 1.76. The van der Waals surface area contributed by atoms with Gasteiger partial charge in [0.05, 0.1) is 17.8 Å². The van der Waals surface area contributed by atoms with E-state index >= 15 is 0 Å². The molecular weight excluding hydrogens is 324 g/mol. The number of aromatic amines is 1. The van der Waals surface area contributed by atoms with Gasteiger partial charge in [-0.2, -0.15) is 10.4 Å². The molecule has 0 radical (unpaired) electrons. The van der Waals surface area contributed by atoms with Crippen molar-refractivity contribution in [3.05, 3.63) is 69.9 Å². The van der Waals surface area contributed by atoms with Crippen LogP contribution in [-0.4, -0.2) is 17.1 Å². The Morgan fingerprint density at radius 2 is 2.04 bits per heavy atom. The zero-order chi connectivity index (χ0) is 17.1. The highest BCUT2D eigenvalue weighted by Crippen LogP contribution is 2.24. The predicted octanol–water partition coefficient (Wildman–Crippen LogP) is 3.77. The smallest absolute Gasteiger partial charge is 0.288 e. The summed E-state index contributed by atoms with van der Waals surface area (Å²) in [5.41, 5.74) is 5.95. The van der Waals surface area contributed by atoms with Crippen LogP contribution in [0, 0.1) is 18.3 Å². The highest BCUT2D eigenvalue weighted by Gasteiger charge is 2.14. The molecule has 3 rings (SSSR count). The number of carbonyl (C=O) groups is 1. The summed E-state index contributed by atoms with van der Waals surface area (Å²) in [6.45, 7) is 1.87. The maximum Gasteiger partial charge on any atom is 0.288 e. The van der Waals surface area contributed by atoms with Crippen molar-refractivity contribution >= 4 is 34.6 Å². The van der Waals surface area contributed by atoms with Crippen molar-refractivity contribution in [2.24, 2.45) is 5.10 Å². The van der Waals surface area contributed by atoms with Gasteiger partial charge >= 0.3 is 0 Å². The van der Waals surface area contributed by atoms with Gasteiger partial charge in [-0.3, -0.25) is 4.79 Å². The van der Waals surface area contributed by atoms with Crippen molar-refractivity contribution in [1.82, 2.24) is 10.4 Å². The molecule has 0 bridgehead atoms. The molecule has 0 atom stereocenters. The summed E-state index contributed by atoms with van der Waals surface area (Å²) in [4.78, 5) is 15.3. The Labute approximate surface area is 143 Å². The van der Waals surface area contributed by atoms with Crippen molar-refractivity contribution < 1.29 is 4.79 Å². The van der Waals surface area contributed by atoms with Crippen molar-refractivity contribution in [2.75, 3.05) is 0 Å². The number of halogens is 1. The number of hydrogen-bond donors (Lipinski definition) is 2. The number of nitrogens with zero attached hydrogens (tertiary/aromatic N) is 2. The van der Waals surface area contributed by atoms with Crippen molar-refractivity contribution in [3.63, 3.8) is 0 Å². The van der Waals surface area contributed by atoms with E-state index in [1.807, 2.05) is 19.1 Å². The number of hydrazone groups is 1. The lowest BCUT2D eigenvalue weighted by molar-refractivity contribution is 0.0950. The molecule has 24 heavy (non-hydrogen) atoms. The highest BCUT2D eigenvalue weighted by atomic mass is 35.5. The molecule has 118 valence electrons. The number of nitrogens with one attached hydrogen (secondary N) is 2. The van der Waals surface area contributed by atoms with Crippen LogP contribution in [0.25, 0.3) is 10.9 Å². The van der Waals surface area contributed by atoms with E-state index in [1.165, 1.54) is 6.21 Å². The van der Waals surface area contributed by atoms with Gasteiger partial charge in [-0.25, -0.2) is 5.43 Å². The van der Waals surface area contributed by atoms with Gasteiger partial charge in [0, 0.05) is 15.9 Å². The molecule has 0 aliphatic rings. The minimum Gasteiger partial charge on any atom is -0.350 e. The van der Waals surface area contributed by atoms with Crippen molar-refractivity contribution in [2.45, 2.75) is 6.92 Å². The first-order valence-corrected chi connectivity index (χ1v) is 7.57. The molecule has 0 saturated carbocycles. The molecule has 2 aromatic carbocycles. The van der Waals surface area contributed by atoms with Gasteiger partial charge in [-0.1, -0.05) is 29.8 Å². The molecular formula is C18H13ClN4O. The second kappa shape index (κ2) is 6.57. The topological polar surface area (TPSA) is 81.0 Å². The zero-order valence-corrected chi connectivity index (χ0v) is 13.6. The SMILES string of the molecule is Cc1c(C(=O)NN=Cc2ccc(C#N)cc2)[nH]c2cc(Cl)ccc12. The fourth-order valence-electron chi connectivity index (χ4n) is 2.40. The van der Waals surface area contributed by atoms with Gasteiger partial charge in [-0.05, 0) is 42.3 Å². The predicted molar refractivity (Wildman–Crippen MR) is 94.3 cm³/mol. The van der Waals surface area contributed by atoms with Crippen molar-refractivity contribution in [1.29, 1.82) is 5.26 Å². The summed E-state index contributed by atoms with van der Waals surface area (Å²) < 4.78 is 0.